The lowest BCUT2D eigenvalue weighted by Gasteiger charge is -2.26. The molecule has 0 aromatic heterocycles. The Balaban J connectivity index is 2.05. The fraction of sp³-hybridized carbons (Fsp3) is 0.556. The minimum absolute atomic E-state index is 0.0241. The Morgan fingerprint density at radius 2 is 1.70 bits per heavy atom. The van der Waals surface area contributed by atoms with E-state index >= 15 is 0 Å². The molecule has 2 amide bonds. The molecule has 0 spiro atoms. The molecule has 1 fully saturated rings. The number of likely N-dealkylation sites (tertiary alicyclic amines) is 1. The molecule has 0 aliphatic carbocycles. The van der Waals surface area contributed by atoms with Gasteiger partial charge in [0.05, 0.1) is 6.61 Å². The van der Waals surface area contributed by atoms with Gasteiger partial charge < -0.3 is 14.5 Å². The zero-order valence-electron chi connectivity index (χ0n) is 14.1. The summed E-state index contributed by atoms with van der Waals surface area (Å²) in [6, 6.07) is 7.29. The smallest absolute Gasteiger partial charge is 0.242 e. The highest BCUT2D eigenvalue weighted by Crippen LogP contribution is 2.20. The molecule has 2 rings (SSSR count). The highest BCUT2D eigenvalue weighted by atomic mass is 16.5. The van der Waals surface area contributed by atoms with E-state index in [1.165, 1.54) is 24.7 Å². The number of hydrogen-bond donors (Lipinski definition) is 0. The molecule has 1 heterocycles. The van der Waals surface area contributed by atoms with Gasteiger partial charge in [0.1, 0.15) is 12.3 Å². The monoisotopic (exact) mass is 318 g/mol. The molecule has 0 atom stereocenters. The van der Waals surface area contributed by atoms with E-state index in [9.17, 15) is 9.59 Å². The number of nitrogens with zero attached hydrogens (tertiary/aromatic N) is 2. The van der Waals surface area contributed by atoms with Gasteiger partial charge in [0, 0.05) is 25.7 Å². The van der Waals surface area contributed by atoms with Gasteiger partial charge in [-0.25, -0.2) is 0 Å². The second kappa shape index (κ2) is 8.56. The molecule has 0 bridgehead atoms. The molecular weight excluding hydrogens is 292 g/mol. The predicted molar refractivity (Wildman–Crippen MR) is 90.7 cm³/mol. The molecule has 0 unspecified atom stereocenters. The van der Waals surface area contributed by atoms with Gasteiger partial charge in [-0.2, -0.15) is 0 Å². The van der Waals surface area contributed by atoms with E-state index in [0.717, 1.165) is 37.4 Å². The lowest BCUT2D eigenvalue weighted by atomic mass is 10.2. The fourth-order valence-corrected chi connectivity index (χ4v) is 2.83. The maximum absolute atomic E-state index is 12.5. The number of ether oxygens (including phenoxy) is 1. The first kappa shape index (κ1) is 17.3. The van der Waals surface area contributed by atoms with E-state index in [2.05, 4.69) is 0 Å². The standard InChI is InChI=1S/C18H26N2O3/c1-3-23-17-10-8-16(9-11-17)20(15(2)21)14-18(22)19-12-6-4-5-7-13-19/h8-11H,3-7,12-14H2,1-2H3. The van der Waals surface area contributed by atoms with Gasteiger partial charge in [-0.05, 0) is 44.0 Å². The SMILES string of the molecule is CCOc1ccc(N(CC(=O)N2CCCCCC2)C(C)=O)cc1. The Labute approximate surface area is 138 Å². The Bertz CT molecular complexity index is 520. The Hall–Kier alpha value is -2.04. The molecule has 23 heavy (non-hydrogen) atoms. The molecule has 5 heteroatoms. The van der Waals surface area contributed by atoms with Crippen molar-refractivity contribution in [3.05, 3.63) is 24.3 Å². The van der Waals surface area contributed by atoms with E-state index in [0.29, 0.717) is 6.61 Å². The van der Waals surface area contributed by atoms with Crippen LogP contribution in [0.25, 0.3) is 0 Å². The number of anilines is 1. The van der Waals surface area contributed by atoms with Crippen LogP contribution in [0.15, 0.2) is 24.3 Å². The lowest BCUT2D eigenvalue weighted by Crippen LogP contribution is -2.42. The summed E-state index contributed by atoms with van der Waals surface area (Å²) in [4.78, 5) is 27.9. The number of carbonyl (C=O) groups is 2. The summed E-state index contributed by atoms with van der Waals surface area (Å²) in [5, 5.41) is 0. The predicted octanol–water partition coefficient (Wildman–Crippen LogP) is 2.84. The third kappa shape index (κ3) is 4.98. The number of carbonyl (C=O) groups excluding carboxylic acids is 2. The lowest BCUT2D eigenvalue weighted by molar-refractivity contribution is -0.131. The molecule has 1 aromatic rings. The van der Waals surface area contributed by atoms with Gasteiger partial charge in [0.15, 0.2) is 0 Å². The van der Waals surface area contributed by atoms with Gasteiger partial charge in [0.25, 0.3) is 0 Å². The summed E-state index contributed by atoms with van der Waals surface area (Å²) < 4.78 is 5.41. The Morgan fingerprint density at radius 1 is 1.09 bits per heavy atom. The van der Waals surface area contributed by atoms with Gasteiger partial charge in [0.2, 0.25) is 11.8 Å². The van der Waals surface area contributed by atoms with Crippen LogP contribution >= 0.6 is 0 Å². The van der Waals surface area contributed by atoms with Crippen molar-refractivity contribution in [3.8, 4) is 5.75 Å². The quantitative estimate of drug-likeness (QED) is 0.839. The van der Waals surface area contributed by atoms with Crippen molar-refractivity contribution < 1.29 is 14.3 Å². The summed E-state index contributed by atoms with van der Waals surface area (Å²) in [7, 11) is 0. The Morgan fingerprint density at radius 3 is 2.22 bits per heavy atom. The molecule has 1 aliphatic heterocycles. The van der Waals surface area contributed by atoms with Crippen LogP contribution in [0.1, 0.15) is 39.5 Å². The number of benzene rings is 1. The molecule has 0 radical (unpaired) electrons. The molecule has 1 aromatic carbocycles. The normalized spacial score (nSPS) is 15.0. The summed E-state index contributed by atoms with van der Waals surface area (Å²) in [6.07, 6.45) is 4.46. The van der Waals surface area contributed by atoms with Crippen LogP contribution in [0.5, 0.6) is 5.75 Å². The van der Waals surface area contributed by atoms with Crippen molar-refractivity contribution in [2.24, 2.45) is 0 Å². The van der Waals surface area contributed by atoms with Crippen LogP contribution in [0, 0.1) is 0 Å². The van der Waals surface area contributed by atoms with Crippen LogP contribution in [0.2, 0.25) is 0 Å². The van der Waals surface area contributed by atoms with E-state index in [1.807, 2.05) is 36.1 Å². The highest BCUT2D eigenvalue weighted by Gasteiger charge is 2.21. The summed E-state index contributed by atoms with van der Waals surface area (Å²) in [6.45, 7) is 5.72. The Kier molecular flexibility index (Phi) is 6.44. The first-order valence-corrected chi connectivity index (χ1v) is 8.40. The number of hydrogen-bond acceptors (Lipinski definition) is 3. The largest absolute Gasteiger partial charge is 0.494 e. The van der Waals surface area contributed by atoms with Crippen molar-refractivity contribution in [2.75, 3.05) is 31.1 Å². The van der Waals surface area contributed by atoms with Crippen molar-refractivity contribution in [1.82, 2.24) is 4.90 Å². The number of amides is 2. The van der Waals surface area contributed by atoms with E-state index in [-0.39, 0.29) is 18.4 Å². The van der Waals surface area contributed by atoms with Crippen molar-refractivity contribution in [1.29, 1.82) is 0 Å². The minimum Gasteiger partial charge on any atom is -0.494 e. The molecule has 1 saturated heterocycles. The maximum Gasteiger partial charge on any atom is 0.242 e. The van der Waals surface area contributed by atoms with Crippen molar-refractivity contribution >= 4 is 17.5 Å². The van der Waals surface area contributed by atoms with Gasteiger partial charge in [-0.1, -0.05) is 12.8 Å². The van der Waals surface area contributed by atoms with E-state index < -0.39 is 0 Å². The zero-order chi connectivity index (χ0) is 16.7. The highest BCUT2D eigenvalue weighted by molar-refractivity contribution is 5.97. The first-order valence-electron chi connectivity index (χ1n) is 8.40. The summed E-state index contributed by atoms with van der Waals surface area (Å²) >= 11 is 0. The molecule has 0 N–H and O–H groups in total. The third-order valence-electron chi connectivity index (χ3n) is 4.09. The molecule has 5 nitrogen and oxygen atoms in total. The van der Waals surface area contributed by atoms with Crippen LogP contribution in [-0.2, 0) is 9.59 Å². The van der Waals surface area contributed by atoms with Crippen molar-refractivity contribution in [2.45, 2.75) is 39.5 Å². The van der Waals surface area contributed by atoms with Crippen LogP contribution < -0.4 is 9.64 Å². The average Bonchev–Trinajstić information content (AvgIpc) is 2.83. The van der Waals surface area contributed by atoms with Gasteiger partial charge in [-0.15, -0.1) is 0 Å². The van der Waals surface area contributed by atoms with Gasteiger partial charge in [-0.3, -0.25) is 9.59 Å². The van der Waals surface area contributed by atoms with Gasteiger partial charge >= 0.3 is 0 Å². The molecule has 1 aliphatic rings. The van der Waals surface area contributed by atoms with Crippen LogP contribution in [0.4, 0.5) is 5.69 Å². The molecule has 0 saturated carbocycles. The van der Waals surface area contributed by atoms with Crippen LogP contribution in [-0.4, -0.2) is 43.0 Å². The van der Waals surface area contributed by atoms with E-state index in [4.69, 9.17) is 4.74 Å². The second-order valence-corrected chi connectivity index (χ2v) is 5.83. The minimum atomic E-state index is -0.127. The summed E-state index contributed by atoms with van der Waals surface area (Å²) in [5.74, 6) is 0.659. The fourth-order valence-electron chi connectivity index (χ4n) is 2.83. The average molecular weight is 318 g/mol. The van der Waals surface area contributed by atoms with E-state index in [1.54, 1.807) is 0 Å². The maximum atomic E-state index is 12.5. The second-order valence-electron chi connectivity index (χ2n) is 5.83. The molecule has 126 valence electrons. The third-order valence-corrected chi connectivity index (χ3v) is 4.09. The van der Waals surface area contributed by atoms with Crippen LogP contribution in [0.3, 0.4) is 0 Å². The summed E-state index contributed by atoms with van der Waals surface area (Å²) in [5.41, 5.74) is 0.726. The van der Waals surface area contributed by atoms with Crippen molar-refractivity contribution in [3.63, 3.8) is 0 Å². The zero-order valence-corrected chi connectivity index (χ0v) is 14.1. The molecular formula is C18H26N2O3. The first-order chi connectivity index (χ1) is 11.1. The number of rotatable bonds is 5. The topological polar surface area (TPSA) is 49.9 Å².